The molecule has 3 rings (SSSR count). The SMILES string of the molecule is Cc1cc(C)cc(NC(=O)[C@H](OC(=O)[C@H]2CCC(=O)N2)c2ccccc2)c1. The van der Waals surface area contributed by atoms with Crippen LogP contribution in [0.5, 0.6) is 0 Å². The van der Waals surface area contributed by atoms with Gasteiger partial charge in [-0.2, -0.15) is 0 Å². The number of carbonyl (C=O) groups is 3. The largest absolute Gasteiger partial charge is 0.446 e. The predicted octanol–water partition coefficient (Wildman–Crippen LogP) is 2.81. The Morgan fingerprint density at radius 2 is 1.78 bits per heavy atom. The van der Waals surface area contributed by atoms with Crippen molar-refractivity contribution in [2.24, 2.45) is 0 Å². The summed E-state index contributed by atoms with van der Waals surface area (Å²) in [6.45, 7) is 3.89. The number of rotatable bonds is 5. The lowest BCUT2D eigenvalue weighted by Gasteiger charge is -2.20. The minimum atomic E-state index is -1.10. The van der Waals surface area contributed by atoms with Crippen LogP contribution in [-0.4, -0.2) is 23.8 Å². The van der Waals surface area contributed by atoms with Crippen LogP contribution in [0.3, 0.4) is 0 Å². The molecule has 1 fully saturated rings. The number of hydrogen-bond donors (Lipinski definition) is 2. The van der Waals surface area contributed by atoms with E-state index in [2.05, 4.69) is 10.6 Å². The second kappa shape index (κ2) is 8.03. The van der Waals surface area contributed by atoms with Crippen molar-refractivity contribution >= 4 is 23.5 Å². The number of ether oxygens (including phenoxy) is 1. The minimum Gasteiger partial charge on any atom is -0.446 e. The van der Waals surface area contributed by atoms with E-state index in [4.69, 9.17) is 4.74 Å². The summed E-state index contributed by atoms with van der Waals surface area (Å²) in [7, 11) is 0. The Kier molecular flexibility index (Phi) is 5.54. The normalized spacial score (nSPS) is 17.1. The van der Waals surface area contributed by atoms with Crippen molar-refractivity contribution in [3.8, 4) is 0 Å². The first-order valence-corrected chi connectivity index (χ1v) is 8.86. The van der Waals surface area contributed by atoms with Gasteiger partial charge in [-0.1, -0.05) is 36.4 Å². The molecule has 27 heavy (non-hydrogen) atoms. The number of nitrogens with one attached hydrogen (secondary N) is 2. The summed E-state index contributed by atoms with van der Waals surface area (Å²) in [6, 6.07) is 13.8. The molecular formula is C21H22N2O4. The summed E-state index contributed by atoms with van der Waals surface area (Å²) in [6.07, 6.45) is -0.445. The molecule has 2 aromatic rings. The maximum atomic E-state index is 12.9. The maximum absolute atomic E-state index is 12.9. The second-order valence-corrected chi connectivity index (χ2v) is 6.75. The third-order valence-corrected chi connectivity index (χ3v) is 4.34. The molecule has 2 amide bonds. The molecule has 6 nitrogen and oxygen atoms in total. The first-order chi connectivity index (χ1) is 12.9. The molecule has 2 aromatic carbocycles. The number of anilines is 1. The van der Waals surface area contributed by atoms with Gasteiger partial charge in [-0.05, 0) is 43.5 Å². The minimum absolute atomic E-state index is 0.187. The topological polar surface area (TPSA) is 84.5 Å². The molecular weight excluding hydrogens is 344 g/mol. The van der Waals surface area contributed by atoms with Gasteiger partial charge in [-0.25, -0.2) is 4.79 Å². The number of carbonyl (C=O) groups excluding carboxylic acids is 3. The van der Waals surface area contributed by atoms with Crippen LogP contribution in [0.1, 0.15) is 35.6 Å². The molecule has 1 heterocycles. The Morgan fingerprint density at radius 3 is 2.37 bits per heavy atom. The molecule has 0 radical (unpaired) electrons. The van der Waals surface area contributed by atoms with Crippen LogP contribution < -0.4 is 10.6 Å². The Balaban J connectivity index is 1.80. The lowest BCUT2D eigenvalue weighted by molar-refractivity contribution is -0.156. The molecule has 1 aliphatic heterocycles. The summed E-state index contributed by atoms with van der Waals surface area (Å²) >= 11 is 0. The quantitative estimate of drug-likeness (QED) is 0.797. The molecule has 0 aliphatic carbocycles. The van der Waals surface area contributed by atoms with E-state index in [1.165, 1.54) is 0 Å². The number of esters is 1. The molecule has 6 heteroatoms. The average molecular weight is 366 g/mol. The number of benzene rings is 2. The van der Waals surface area contributed by atoms with Crippen molar-refractivity contribution in [3.63, 3.8) is 0 Å². The van der Waals surface area contributed by atoms with E-state index < -0.39 is 24.0 Å². The highest BCUT2D eigenvalue weighted by Gasteiger charge is 2.33. The van der Waals surface area contributed by atoms with Crippen LogP contribution in [-0.2, 0) is 19.1 Å². The summed E-state index contributed by atoms with van der Waals surface area (Å²) in [5.41, 5.74) is 3.25. The van der Waals surface area contributed by atoms with Crippen molar-refractivity contribution in [2.75, 3.05) is 5.32 Å². The third-order valence-electron chi connectivity index (χ3n) is 4.34. The van der Waals surface area contributed by atoms with Gasteiger partial charge in [-0.15, -0.1) is 0 Å². The van der Waals surface area contributed by atoms with E-state index in [-0.39, 0.29) is 12.3 Å². The molecule has 0 saturated carbocycles. The van der Waals surface area contributed by atoms with Crippen LogP contribution in [0.15, 0.2) is 48.5 Å². The summed E-state index contributed by atoms with van der Waals surface area (Å²) < 4.78 is 5.50. The van der Waals surface area contributed by atoms with Crippen LogP contribution in [0.4, 0.5) is 5.69 Å². The molecule has 1 aliphatic rings. The lowest BCUT2D eigenvalue weighted by atomic mass is 10.1. The Bertz CT molecular complexity index is 843. The van der Waals surface area contributed by atoms with Crippen molar-refractivity contribution in [1.82, 2.24) is 5.32 Å². The van der Waals surface area contributed by atoms with E-state index in [9.17, 15) is 14.4 Å². The van der Waals surface area contributed by atoms with Gasteiger partial charge in [0.25, 0.3) is 5.91 Å². The second-order valence-electron chi connectivity index (χ2n) is 6.75. The van der Waals surface area contributed by atoms with Crippen molar-refractivity contribution in [3.05, 3.63) is 65.2 Å². The lowest BCUT2D eigenvalue weighted by Crippen LogP contribution is -2.37. The van der Waals surface area contributed by atoms with Gasteiger partial charge in [0.2, 0.25) is 12.0 Å². The van der Waals surface area contributed by atoms with Gasteiger partial charge in [0.05, 0.1) is 0 Å². The molecule has 1 saturated heterocycles. The van der Waals surface area contributed by atoms with Crippen LogP contribution in [0.2, 0.25) is 0 Å². The van der Waals surface area contributed by atoms with E-state index in [1.54, 1.807) is 24.3 Å². The zero-order valence-corrected chi connectivity index (χ0v) is 15.3. The molecule has 0 unspecified atom stereocenters. The monoisotopic (exact) mass is 366 g/mol. The average Bonchev–Trinajstić information content (AvgIpc) is 3.06. The van der Waals surface area contributed by atoms with Gasteiger partial charge < -0.3 is 15.4 Å². The van der Waals surface area contributed by atoms with Crippen molar-refractivity contribution < 1.29 is 19.1 Å². The van der Waals surface area contributed by atoms with E-state index in [0.717, 1.165) is 11.1 Å². The van der Waals surface area contributed by atoms with Gasteiger partial charge in [0.15, 0.2) is 0 Å². The number of hydrogen-bond acceptors (Lipinski definition) is 4. The molecule has 140 valence electrons. The van der Waals surface area contributed by atoms with E-state index in [0.29, 0.717) is 17.7 Å². The fourth-order valence-electron chi connectivity index (χ4n) is 3.14. The number of aryl methyl sites for hydroxylation is 2. The van der Waals surface area contributed by atoms with E-state index >= 15 is 0 Å². The highest BCUT2D eigenvalue weighted by atomic mass is 16.5. The van der Waals surface area contributed by atoms with Crippen LogP contribution in [0, 0.1) is 13.8 Å². The van der Waals surface area contributed by atoms with Crippen molar-refractivity contribution in [2.45, 2.75) is 38.8 Å². The summed E-state index contributed by atoms with van der Waals surface area (Å²) in [5.74, 6) is -1.23. The molecule has 2 atom stereocenters. The molecule has 0 bridgehead atoms. The summed E-state index contributed by atoms with van der Waals surface area (Å²) in [5, 5.41) is 5.39. The van der Waals surface area contributed by atoms with E-state index in [1.807, 2.05) is 38.1 Å². The van der Waals surface area contributed by atoms with Crippen LogP contribution >= 0.6 is 0 Å². The standard InChI is InChI=1S/C21H22N2O4/c1-13-10-14(2)12-16(11-13)22-20(25)19(15-6-4-3-5-7-15)27-21(26)17-8-9-18(24)23-17/h3-7,10-12,17,19H,8-9H2,1-2H3,(H,22,25)(H,23,24)/t17-,19-/m1/s1. The predicted molar refractivity (Wildman–Crippen MR) is 101 cm³/mol. The maximum Gasteiger partial charge on any atom is 0.329 e. The van der Waals surface area contributed by atoms with Crippen molar-refractivity contribution in [1.29, 1.82) is 0 Å². The van der Waals surface area contributed by atoms with Gasteiger partial charge in [0, 0.05) is 17.7 Å². The Labute approximate surface area is 157 Å². The Morgan fingerprint density at radius 1 is 1.11 bits per heavy atom. The third kappa shape index (κ3) is 4.73. The Hall–Kier alpha value is -3.15. The van der Waals surface area contributed by atoms with Crippen LogP contribution in [0.25, 0.3) is 0 Å². The zero-order valence-electron chi connectivity index (χ0n) is 15.3. The fourth-order valence-corrected chi connectivity index (χ4v) is 3.14. The highest BCUT2D eigenvalue weighted by Crippen LogP contribution is 2.23. The molecule has 0 spiro atoms. The zero-order chi connectivity index (χ0) is 19.4. The van der Waals surface area contributed by atoms with Gasteiger partial charge in [-0.3, -0.25) is 9.59 Å². The highest BCUT2D eigenvalue weighted by molar-refractivity contribution is 5.97. The molecule has 2 N–H and O–H groups in total. The van der Waals surface area contributed by atoms with Gasteiger partial charge >= 0.3 is 5.97 Å². The van der Waals surface area contributed by atoms with Gasteiger partial charge in [0.1, 0.15) is 6.04 Å². The first kappa shape index (κ1) is 18.6. The fraction of sp³-hybridized carbons (Fsp3) is 0.286. The smallest absolute Gasteiger partial charge is 0.329 e. The first-order valence-electron chi connectivity index (χ1n) is 8.86. The molecule has 0 aromatic heterocycles. The summed E-state index contributed by atoms with van der Waals surface area (Å²) in [4.78, 5) is 36.7. The number of amides is 2.